The Balaban J connectivity index is 0.00000118. The lowest BCUT2D eigenvalue weighted by Crippen LogP contribution is -2.36. The highest BCUT2D eigenvalue weighted by atomic mass is 16.5. The molecule has 3 aromatic carbocycles. The highest BCUT2D eigenvalue weighted by Crippen LogP contribution is 2.30. The number of nitrogen functional groups attached to an aromatic ring is 1. The smallest absolute Gasteiger partial charge is 0.411 e. The van der Waals surface area contributed by atoms with Gasteiger partial charge in [-0.2, -0.15) is 0 Å². The van der Waals surface area contributed by atoms with Crippen LogP contribution in [0.25, 0.3) is 10.8 Å². The molecular formula is C35H40N6O6. The second-order valence-corrected chi connectivity index (χ2v) is 11.7. The molecule has 2 atom stereocenters. The molecule has 2 aliphatic heterocycles. The van der Waals surface area contributed by atoms with E-state index in [2.05, 4.69) is 15.6 Å². The van der Waals surface area contributed by atoms with Crippen molar-refractivity contribution < 1.29 is 29.0 Å². The minimum absolute atomic E-state index is 0.0762. The van der Waals surface area contributed by atoms with Crippen LogP contribution in [-0.2, 0) is 20.9 Å². The van der Waals surface area contributed by atoms with Gasteiger partial charge in [-0.1, -0.05) is 25.1 Å². The van der Waals surface area contributed by atoms with E-state index < -0.39 is 18.1 Å². The Morgan fingerprint density at radius 3 is 2.49 bits per heavy atom. The molecule has 1 aromatic heterocycles. The van der Waals surface area contributed by atoms with Crippen LogP contribution in [-0.4, -0.2) is 71.5 Å². The van der Waals surface area contributed by atoms with Crippen LogP contribution in [0.1, 0.15) is 58.4 Å². The van der Waals surface area contributed by atoms with Crippen LogP contribution in [0.2, 0.25) is 0 Å². The number of ether oxygens (including phenoxy) is 1. The molecular weight excluding hydrogens is 600 g/mol. The first-order chi connectivity index (χ1) is 22.2. The van der Waals surface area contributed by atoms with Crippen molar-refractivity contribution in [2.24, 2.45) is 0 Å². The monoisotopic (exact) mass is 640 g/mol. The number of hydrogen-bond acceptors (Lipinski definition) is 8. The second kappa shape index (κ2) is 14.6. The Labute approximate surface area is 273 Å². The third-order valence-corrected chi connectivity index (χ3v) is 7.75. The standard InChI is InChI=1S/C33H36N6O4.C2H4O2/c1-19-14-22-6-9-26(19)20(2)18-43-33(42)37-25-8-11-28(31(40)38(3)4)23(16-25)17-39(5)32(41)29(22)36-24-7-10-27-21(15-24)12-13-35-30(27)34;1-2(3)4/h6-16,20,29,36H,17-18H2,1-5H3,(H2,34,35)(H,37,42);1H3,(H,3,4)/t20-,29+;/m0./s1. The number of carbonyl (C=O) groups is 4. The number of carbonyl (C=O) groups excluding carboxylic acids is 3. The van der Waals surface area contributed by atoms with Gasteiger partial charge in [0, 0.05) is 69.1 Å². The van der Waals surface area contributed by atoms with Gasteiger partial charge in [0.25, 0.3) is 11.9 Å². The van der Waals surface area contributed by atoms with E-state index in [4.69, 9.17) is 20.4 Å². The van der Waals surface area contributed by atoms with Crippen LogP contribution in [0, 0.1) is 6.92 Å². The molecule has 4 aromatic rings. The number of aliphatic carboxylic acids is 1. The summed E-state index contributed by atoms with van der Waals surface area (Å²) >= 11 is 0. The first-order valence-electron chi connectivity index (χ1n) is 15.0. The van der Waals surface area contributed by atoms with E-state index in [1.165, 1.54) is 4.90 Å². The summed E-state index contributed by atoms with van der Waals surface area (Å²) in [6.45, 7) is 5.36. The van der Waals surface area contributed by atoms with Crippen molar-refractivity contribution in [3.63, 3.8) is 0 Å². The van der Waals surface area contributed by atoms with Gasteiger partial charge in [0.15, 0.2) is 0 Å². The number of aromatic nitrogens is 1. The molecule has 5 N–H and O–H groups in total. The molecule has 12 heteroatoms. The van der Waals surface area contributed by atoms with Gasteiger partial charge in [-0.3, -0.25) is 19.7 Å². The number of aryl methyl sites for hydroxylation is 1. The molecule has 3 amide bonds. The van der Waals surface area contributed by atoms with Gasteiger partial charge < -0.3 is 30.7 Å². The second-order valence-electron chi connectivity index (χ2n) is 11.7. The molecule has 4 bridgehead atoms. The van der Waals surface area contributed by atoms with Crippen LogP contribution < -0.4 is 16.4 Å². The number of fused-ring (bicyclic) bond motifs is 10. The number of carboxylic acids is 1. The Bertz CT molecular complexity index is 1820. The topological polar surface area (TPSA) is 167 Å². The Morgan fingerprint density at radius 2 is 1.81 bits per heavy atom. The van der Waals surface area contributed by atoms with E-state index in [0.29, 0.717) is 22.6 Å². The number of nitrogens with one attached hydrogen (secondary N) is 2. The van der Waals surface area contributed by atoms with Crippen molar-refractivity contribution >= 4 is 51.8 Å². The van der Waals surface area contributed by atoms with Crippen molar-refractivity contribution in [2.75, 3.05) is 44.1 Å². The van der Waals surface area contributed by atoms with Gasteiger partial charge in [0.05, 0.1) is 6.61 Å². The highest BCUT2D eigenvalue weighted by molar-refractivity contribution is 5.97. The zero-order valence-corrected chi connectivity index (χ0v) is 27.3. The summed E-state index contributed by atoms with van der Waals surface area (Å²) in [5, 5.41) is 15.4. The molecule has 246 valence electrons. The molecule has 12 nitrogen and oxygen atoms in total. The maximum absolute atomic E-state index is 14.2. The average molecular weight is 641 g/mol. The molecule has 0 saturated carbocycles. The van der Waals surface area contributed by atoms with Gasteiger partial charge >= 0.3 is 6.09 Å². The third kappa shape index (κ3) is 8.34. The van der Waals surface area contributed by atoms with Gasteiger partial charge in [-0.05, 0) is 77.0 Å². The fourth-order valence-electron chi connectivity index (χ4n) is 5.43. The molecule has 2 aliphatic rings. The largest absolute Gasteiger partial charge is 0.481 e. The fraction of sp³-hybridized carbons (Fsp3) is 0.286. The first-order valence-corrected chi connectivity index (χ1v) is 15.0. The molecule has 6 rings (SSSR count). The van der Waals surface area contributed by atoms with Crippen molar-refractivity contribution in [3.05, 3.63) is 94.7 Å². The number of rotatable bonds is 3. The first kappa shape index (κ1) is 34.2. The number of carboxylic acid groups (broad SMARTS) is 1. The molecule has 0 aliphatic carbocycles. The van der Waals surface area contributed by atoms with E-state index in [1.807, 2.05) is 56.3 Å². The van der Waals surface area contributed by atoms with Crippen molar-refractivity contribution in [2.45, 2.75) is 39.3 Å². The van der Waals surface area contributed by atoms with Crippen molar-refractivity contribution in [1.82, 2.24) is 14.8 Å². The number of likely N-dealkylation sites (N-methyl/N-ethyl adjacent to an activating group) is 1. The van der Waals surface area contributed by atoms with E-state index in [1.54, 1.807) is 50.4 Å². The Kier molecular flexibility index (Phi) is 10.7. The minimum atomic E-state index is -0.833. The summed E-state index contributed by atoms with van der Waals surface area (Å²) in [5.74, 6) is -0.871. The Morgan fingerprint density at radius 1 is 1.09 bits per heavy atom. The maximum Gasteiger partial charge on any atom is 0.411 e. The SMILES string of the molecule is CC(=O)O.Cc1cc2ccc1[C@@H](C)COC(=O)Nc1ccc(C(=O)N(C)C)c(c1)CN(C)C(=O)[C@@H]2Nc1ccc2c(N)nccc2c1. The summed E-state index contributed by atoms with van der Waals surface area (Å²) < 4.78 is 5.54. The average Bonchev–Trinajstić information content (AvgIpc) is 3.01. The molecule has 0 fully saturated rings. The maximum atomic E-state index is 14.2. The highest BCUT2D eigenvalue weighted by Gasteiger charge is 2.27. The number of hydrogen-bond donors (Lipinski definition) is 4. The predicted molar refractivity (Wildman–Crippen MR) is 181 cm³/mol. The zero-order chi connectivity index (χ0) is 34.4. The third-order valence-electron chi connectivity index (χ3n) is 7.75. The predicted octanol–water partition coefficient (Wildman–Crippen LogP) is 5.40. The normalized spacial score (nSPS) is 16.4. The number of benzene rings is 3. The molecule has 0 unspecified atom stereocenters. The summed E-state index contributed by atoms with van der Waals surface area (Å²) in [6, 6.07) is 17.8. The lowest BCUT2D eigenvalue weighted by molar-refractivity contribution is -0.134. The number of nitrogens with zero attached hydrogens (tertiary/aromatic N) is 3. The van der Waals surface area contributed by atoms with Crippen LogP contribution in [0.15, 0.2) is 66.9 Å². The molecule has 0 radical (unpaired) electrons. The minimum Gasteiger partial charge on any atom is -0.481 e. The summed E-state index contributed by atoms with van der Waals surface area (Å²) in [5.41, 5.74) is 11.1. The molecule has 0 saturated heterocycles. The van der Waals surface area contributed by atoms with E-state index in [-0.39, 0.29) is 30.9 Å². The number of amides is 3. The van der Waals surface area contributed by atoms with Crippen molar-refractivity contribution in [1.29, 1.82) is 0 Å². The molecule has 47 heavy (non-hydrogen) atoms. The summed E-state index contributed by atoms with van der Waals surface area (Å²) in [4.78, 5) is 56.1. The van der Waals surface area contributed by atoms with E-state index >= 15 is 0 Å². The lowest BCUT2D eigenvalue weighted by atomic mass is 9.92. The summed E-state index contributed by atoms with van der Waals surface area (Å²) in [6.07, 6.45) is 1.07. The number of nitrogens with two attached hydrogens (primary N) is 1. The number of anilines is 3. The van der Waals surface area contributed by atoms with Crippen LogP contribution in [0.4, 0.5) is 22.0 Å². The molecule has 3 heterocycles. The fourth-order valence-corrected chi connectivity index (χ4v) is 5.43. The van der Waals surface area contributed by atoms with E-state index in [0.717, 1.165) is 40.1 Å². The zero-order valence-electron chi connectivity index (χ0n) is 27.3. The summed E-state index contributed by atoms with van der Waals surface area (Å²) in [7, 11) is 5.04. The molecule has 0 spiro atoms. The van der Waals surface area contributed by atoms with Gasteiger partial charge in [0.1, 0.15) is 11.9 Å². The Hall–Kier alpha value is -5.65. The quantitative estimate of drug-likeness (QED) is 0.229. The van der Waals surface area contributed by atoms with Gasteiger partial charge in [0.2, 0.25) is 5.91 Å². The lowest BCUT2D eigenvalue weighted by Gasteiger charge is -2.28. The van der Waals surface area contributed by atoms with Crippen LogP contribution in [0.5, 0.6) is 0 Å². The number of pyridine rings is 1. The van der Waals surface area contributed by atoms with Crippen LogP contribution >= 0.6 is 0 Å². The van der Waals surface area contributed by atoms with Crippen LogP contribution in [0.3, 0.4) is 0 Å². The van der Waals surface area contributed by atoms with Gasteiger partial charge in [-0.25, -0.2) is 9.78 Å². The van der Waals surface area contributed by atoms with E-state index in [9.17, 15) is 14.4 Å². The van der Waals surface area contributed by atoms with Crippen molar-refractivity contribution in [3.8, 4) is 0 Å². The van der Waals surface area contributed by atoms with Gasteiger partial charge in [-0.15, -0.1) is 0 Å².